The van der Waals surface area contributed by atoms with Crippen molar-refractivity contribution < 1.29 is 5.11 Å². The van der Waals surface area contributed by atoms with Crippen LogP contribution >= 0.6 is 0 Å². The van der Waals surface area contributed by atoms with Crippen LogP contribution in [0.2, 0.25) is 0 Å². The lowest BCUT2D eigenvalue weighted by molar-refractivity contribution is -0.125. The zero-order valence-electron chi connectivity index (χ0n) is 13.5. The third-order valence-corrected chi connectivity index (χ3v) is 6.42. The van der Waals surface area contributed by atoms with Gasteiger partial charge in [0.1, 0.15) is 0 Å². The first-order valence-electron chi connectivity index (χ1n) is 8.98. The van der Waals surface area contributed by atoms with Crippen LogP contribution in [0.5, 0.6) is 0 Å². The van der Waals surface area contributed by atoms with E-state index in [9.17, 15) is 5.11 Å². The predicted molar refractivity (Wildman–Crippen MR) is 83.6 cm³/mol. The van der Waals surface area contributed by atoms with Crippen LogP contribution in [0.3, 0.4) is 0 Å². The second-order valence-electron chi connectivity index (χ2n) is 8.27. The van der Waals surface area contributed by atoms with Crippen molar-refractivity contribution in [1.29, 1.82) is 0 Å². The predicted octanol–water partition coefficient (Wildman–Crippen LogP) is 3.69. The number of nitrogens with zero attached hydrogens (tertiary/aromatic N) is 1. The van der Waals surface area contributed by atoms with Gasteiger partial charge in [0, 0.05) is 6.54 Å². The number of rotatable bonds is 7. The average molecular weight is 279 g/mol. The fourth-order valence-corrected chi connectivity index (χ4v) is 5.80. The topological polar surface area (TPSA) is 23.5 Å². The first-order chi connectivity index (χ1) is 9.61. The van der Waals surface area contributed by atoms with Crippen molar-refractivity contribution in [2.75, 3.05) is 20.1 Å². The highest BCUT2D eigenvalue weighted by molar-refractivity contribution is 5.04. The van der Waals surface area contributed by atoms with Crippen molar-refractivity contribution in [1.82, 2.24) is 4.90 Å². The molecule has 4 bridgehead atoms. The Kier molecular flexibility index (Phi) is 4.42. The third-order valence-electron chi connectivity index (χ3n) is 6.42. The molecule has 4 saturated carbocycles. The zero-order valence-corrected chi connectivity index (χ0v) is 13.5. The average Bonchev–Trinajstić information content (AvgIpc) is 2.37. The summed E-state index contributed by atoms with van der Waals surface area (Å²) in [4.78, 5) is 2.37. The Bertz CT molecular complexity index is 292. The Morgan fingerprint density at radius 2 is 1.60 bits per heavy atom. The van der Waals surface area contributed by atoms with Crippen LogP contribution in [0.25, 0.3) is 0 Å². The smallest absolute Gasteiger partial charge is 0.0723 e. The van der Waals surface area contributed by atoms with E-state index in [0.717, 1.165) is 30.8 Å². The Balaban J connectivity index is 1.55. The van der Waals surface area contributed by atoms with Crippen molar-refractivity contribution in [2.45, 2.75) is 70.8 Å². The summed E-state index contributed by atoms with van der Waals surface area (Å²) in [6.45, 7) is 4.30. The molecule has 2 heteroatoms. The van der Waals surface area contributed by atoms with Crippen molar-refractivity contribution >= 4 is 0 Å². The second-order valence-corrected chi connectivity index (χ2v) is 8.27. The lowest BCUT2D eigenvalue weighted by Crippen LogP contribution is -2.54. The van der Waals surface area contributed by atoms with Gasteiger partial charge in [0.05, 0.1) is 6.10 Å². The monoisotopic (exact) mass is 279 g/mol. The summed E-state index contributed by atoms with van der Waals surface area (Å²) < 4.78 is 0. The zero-order chi connectivity index (χ0) is 14.2. The number of hydrogen-bond acceptors (Lipinski definition) is 2. The van der Waals surface area contributed by atoms with Gasteiger partial charge in [-0.3, -0.25) is 0 Å². The maximum atomic E-state index is 10.9. The van der Waals surface area contributed by atoms with Gasteiger partial charge >= 0.3 is 0 Å². The highest BCUT2D eigenvalue weighted by Crippen LogP contribution is 2.61. The molecule has 20 heavy (non-hydrogen) atoms. The van der Waals surface area contributed by atoms with Crippen LogP contribution < -0.4 is 0 Å². The molecule has 0 aromatic rings. The van der Waals surface area contributed by atoms with E-state index in [0.29, 0.717) is 5.41 Å². The van der Waals surface area contributed by atoms with Gasteiger partial charge < -0.3 is 10.0 Å². The summed E-state index contributed by atoms with van der Waals surface area (Å²) >= 11 is 0. The lowest BCUT2D eigenvalue weighted by atomic mass is 9.48. The number of unbranched alkanes of at least 4 members (excludes halogenated alkanes) is 2. The second kappa shape index (κ2) is 5.96. The van der Waals surface area contributed by atoms with Crippen LogP contribution in [0.15, 0.2) is 0 Å². The molecule has 0 radical (unpaired) electrons. The molecule has 0 heterocycles. The maximum Gasteiger partial charge on any atom is 0.0723 e. The molecule has 0 aromatic heterocycles. The maximum absolute atomic E-state index is 10.9. The van der Waals surface area contributed by atoms with Gasteiger partial charge in [-0.1, -0.05) is 19.8 Å². The molecule has 0 amide bonds. The quantitative estimate of drug-likeness (QED) is 0.719. The van der Waals surface area contributed by atoms with E-state index < -0.39 is 0 Å². The third kappa shape index (κ3) is 2.92. The number of likely N-dealkylation sites (N-methyl/N-ethyl adjacent to an activating group) is 1. The Morgan fingerprint density at radius 3 is 2.10 bits per heavy atom. The Labute approximate surface area is 124 Å². The van der Waals surface area contributed by atoms with Gasteiger partial charge in [-0.05, 0) is 81.7 Å². The van der Waals surface area contributed by atoms with E-state index in [2.05, 4.69) is 18.9 Å². The molecule has 0 aliphatic heterocycles. The molecule has 4 aliphatic rings. The summed E-state index contributed by atoms with van der Waals surface area (Å²) in [5.74, 6) is 2.84. The standard InChI is InChI=1S/C18H33NO/c1-3-4-5-6-19(2)13-17(20)18-10-14-7-15(11-18)9-16(8-14)12-18/h14-17,20H,3-13H2,1-2H3. The normalized spacial score (nSPS) is 40.5. The van der Waals surface area contributed by atoms with Crippen LogP contribution in [-0.4, -0.2) is 36.2 Å². The van der Waals surface area contributed by atoms with E-state index in [1.54, 1.807) is 0 Å². The molecule has 0 aromatic carbocycles. The van der Waals surface area contributed by atoms with Crippen LogP contribution in [0.1, 0.15) is 64.7 Å². The fraction of sp³-hybridized carbons (Fsp3) is 1.00. The van der Waals surface area contributed by atoms with Gasteiger partial charge in [-0.2, -0.15) is 0 Å². The molecular formula is C18H33NO. The van der Waals surface area contributed by atoms with Crippen molar-refractivity contribution in [3.05, 3.63) is 0 Å². The molecule has 1 atom stereocenters. The van der Waals surface area contributed by atoms with Gasteiger partial charge in [0.2, 0.25) is 0 Å². The minimum Gasteiger partial charge on any atom is -0.391 e. The van der Waals surface area contributed by atoms with Gasteiger partial charge in [0.25, 0.3) is 0 Å². The molecule has 0 spiro atoms. The minimum atomic E-state index is -0.0810. The van der Waals surface area contributed by atoms with E-state index >= 15 is 0 Å². The molecule has 1 unspecified atom stereocenters. The molecule has 0 saturated heterocycles. The van der Waals surface area contributed by atoms with Crippen LogP contribution in [0, 0.1) is 23.2 Å². The van der Waals surface area contributed by atoms with E-state index in [1.165, 1.54) is 57.8 Å². The number of aliphatic hydroxyl groups is 1. The molecule has 4 aliphatic carbocycles. The Hall–Kier alpha value is -0.0800. The van der Waals surface area contributed by atoms with Crippen LogP contribution in [-0.2, 0) is 0 Å². The highest BCUT2D eigenvalue weighted by Gasteiger charge is 2.53. The summed E-state index contributed by atoms with van der Waals surface area (Å²) in [6.07, 6.45) is 12.2. The van der Waals surface area contributed by atoms with Crippen molar-refractivity contribution in [3.8, 4) is 0 Å². The fourth-order valence-electron chi connectivity index (χ4n) is 5.80. The number of aliphatic hydroxyl groups excluding tert-OH is 1. The summed E-state index contributed by atoms with van der Waals surface area (Å²) in [7, 11) is 2.19. The van der Waals surface area contributed by atoms with Gasteiger partial charge in [0.15, 0.2) is 0 Å². The molecule has 2 nitrogen and oxygen atoms in total. The molecule has 4 fully saturated rings. The summed E-state index contributed by atoms with van der Waals surface area (Å²) in [5, 5.41) is 10.9. The van der Waals surface area contributed by atoms with Gasteiger partial charge in [-0.25, -0.2) is 0 Å². The molecule has 4 rings (SSSR count). The number of hydrogen-bond donors (Lipinski definition) is 1. The first kappa shape index (κ1) is 14.8. The molecule has 116 valence electrons. The minimum absolute atomic E-state index is 0.0810. The van der Waals surface area contributed by atoms with Crippen molar-refractivity contribution in [2.24, 2.45) is 23.2 Å². The van der Waals surface area contributed by atoms with Crippen LogP contribution in [0.4, 0.5) is 0 Å². The lowest BCUT2D eigenvalue weighted by Gasteiger charge is -2.58. The van der Waals surface area contributed by atoms with E-state index in [4.69, 9.17) is 0 Å². The van der Waals surface area contributed by atoms with Gasteiger partial charge in [-0.15, -0.1) is 0 Å². The van der Waals surface area contributed by atoms with E-state index in [-0.39, 0.29) is 6.10 Å². The molecular weight excluding hydrogens is 246 g/mol. The molecule has 1 N–H and O–H groups in total. The largest absolute Gasteiger partial charge is 0.391 e. The Morgan fingerprint density at radius 1 is 1.05 bits per heavy atom. The highest BCUT2D eigenvalue weighted by atomic mass is 16.3. The van der Waals surface area contributed by atoms with Crippen molar-refractivity contribution in [3.63, 3.8) is 0 Å². The SMILES string of the molecule is CCCCCN(C)CC(O)C12CC3CC(CC(C3)C1)C2. The summed E-state index contributed by atoms with van der Waals surface area (Å²) in [5.41, 5.74) is 0.299. The first-order valence-corrected chi connectivity index (χ1v) is 8.98. The summed E-state index contributed by atoms with van der Waals surface area (Å²) in [6, 6.07) is 0. The van der Waals surface area contributed by atoms with E-state index in [1.807, 2.05) is 0 Å².